The van der Waals surface area contributed by atoms with Crippen LogP contribution < -0.4 is 15.4 Å². The van der Waals surface area contributed by atoms with Gasteiger partial charge in [-0.05, 0) is 56.5 Å². The Balaban J connectivity index is 1.79. The van der Waals surface area contributed by atoms with Gasteiger partial charge in [0.15, 0.2) is 0 Å². The lowest BCUT2D eigenvalue weighted by Crippen LogP contribution is -2.33. The van der Waals surface area contributed by atoms with Crippen LogP contribution in [0.1, 0.15) is 42.4 Å². The van der Waals surface area contributed by atoms with E-state index in [1.807, 2.05) is 69.3 Å². The van der Waals surface area contributed by atoms with Crippen molar-refractivity contribution in [2.45, 2.75) is 39.4 Å². The molecule has 3 aromatic rings. The molecule has 0 atom stereocenters. The second kappa shape index (κ2) is 9.55. The third-order valence-corrected chi connectivity index (χ3v) is 4.62. The van der Waals surface area contributed by atoms with E-state index in [-0.39, 0.29) is 5.91 Å². The molecule has 2 aromatic carbocycles. The van der Waals surface area contributed by atoms with Crippen molar-refractivity contribution in [2.24, 2.45) is 0 Å². The van der Waals surface area contributed by atoms with E-state index in [0.29, 0.717) is 31.0 Å². The molecule has 2 amide bonds. The highest BCUT2D eigenvalue weighted by Gasteiger charge is 2.19. The van der Waals surface area contributed by atoms with Gasteiger partial charge < -0.3 is 25.1 Å². The van der Waals surface area contributed by atoms with Crippen LogP contribution in [0.25, 0.3) is 10.9 Å². The Morgan fingerprint density at radius 1 is 1.06 bits per heavy atom. The predicted octanol–water partition coefficient (Wildman–Crippen LogP) is 4.17. The molecule has 0 spiro atoms. The van der Waals surface area contributed by atoms with Crippen molar-refractivity contribution in [1.82, 2.24) is 15.6 Å². The molecular weight excluding hydrogens is 394 g/mol. The lowest BCUT2D eigenvalue weighted by Gasteiger charge is -2.19. The molecule has 0 fully saturated rings. The highest BCUT2D eigenvalue weighted by atomic mass is 16.6. The van der Waals surface area contributed by atoms with E-state index < -0.39 is 11.7 Å². The summed E-state index contributed by atoms with van der Waals surface area (Å²) in [5.41, 5.74) is 2.63. The molecule has 0 aliphatic rings. The molecule has 164 valence electrons. The maximum absolute atomic E-state index is 12.4. The van der Waals surface area contributed by atoms with Gasteiger partial charge in [-0.3, -0.25) is 4.79 Å². The van der Waals surface area contributed by atoms with Gasteiger partial charge in [0, 0.05) is 24.5 Å². The number of ether oxygens (including phenoxy) is 2. The van der Waals surface area contributed by atoms with Gasteiger partial charge in [-0.25, -0.2) is 4.79 Å². The Hall–Kier alpha value is -3.48. The monoisotopic (exact) mass is 423 g/mol. The zero-order chi connectivity index (χ0) is 22.4. The molecule has 7 nitrogen and oxygen atoms in total. The number of carbonyl (C=O) groups is 2. The third-order valence-electron chi connectivity index (χ3n) is 4.62. The maximum atomic E-state index is 12.4. The molecule has 0 radical (unpaired) electrons. The molecule has 1 heterocycles. The maximum Gasteiger partial charge on any atom is 0.407 e. The molecule has 0 aliphatic carbocycles. The summed E-state index contributed by atoms with van der Waals surface area (Å²) in [7, 11) is 1.59. The largest absolute Gasteiger partial charge is 0.489 e. The number of alkyl carbamates (subject to hydrolysis) is 1. The van der Waals surface area contributed by atoms with E-state index in [4.69, 9.17) is 9.47 Å². The topological polar surface area (TPSA) is 92.5 Å². The highest BCUT2D eigenvalue weighted by Crippen LogP contribution is 2.28. The summed E-state index contributed by atoms with van der Waals surface area (Å²) in [5.74, 6) is 0.496. The second-order valence-corrected chi connectivity index (χ2v) is 8.22. The summed E-state index contributed by atoms with van der Waals surface area (Å²) in [6.45, 7) is 6.22. The third kappa shape index (κ3) is 6.01. The van der Waals surface area contributed by atoms with Gasteiger partial charge in [0.1, 0.15) is 23.7 Å². The van der Waals surface area contributed by atoms with Crippen molar-refractivity contribution in [3.63, 3.8) is 0 Å². The smallest absolute Gasteiger partial charge is 0.407 e. The van der Waals surface area contributed by atoms with Crippen molar-refractivity contribution >= 4 is 22.9 Å². The molecule has 0 aliphatic heterocycles. The van der Waals surface area contributed by atoms with Crippen molar-refractivity contribution in [3.05, 3.63) is 65.4 Å². The van der Waals surface area contributed by atoms with Crippen molar-refractivity contribution < 1.29 is 19.1 Å². The van der Waals surface area contributed by atoms with Gasteiger partial charge in [-0.1, -0.05) is 30.3 Å². The van der Waals surface area contributed by atoms with E-state index >= 15 is 0 Å². The van der Waals surface area contributed by atoms with Crippen molar-refractivity contribution in [2.75, 3.05) is 13.6 Å². The number of fused-ring (bicyclic) bond motifs is 1. The fraction of sp³-hybridized carbons (Fsp3) is 0.333. The van der Waals surface area contributed by atoms with Gasteiger partial charge in [-0.2, -0.15) is 0 Å². The van der Waals surface area contributed by atoms with Crippen LogP contribution in [0.15, 0.2) is 48.5 Å². The zero-order valence-electron chi connectivity index (χ0n) is 18.4. The van der Waals surface area contributed by atoms with Gasteiger partial charge >= 0.3 is 6.09 Å². The number of aromatic amines is 1. The molecule has 0 saturated carbocycles. The number of amides is 2. The minimum atomic E-state index is -0.566. The number of H-pyrrole nitrogens is 1. The molecule has 1 aromatic heterocycles. The normalized spacial score (nSPS) is 11.2. The fourth-order valence-corrected chi connectivity index (χ4v) is 3.24. The first kappa shape index (κ1) is 22.2. The van der Waals surface area contributed by atoms with Crippen LogP contribution in [0.2, 0.25) is 0 Å². The van der Waals surface area contributed by atoms with Crippen LogP contribution >= 0.6 is 0 Å². The summed E-state index contributed by atoms with van der Waals surface area (Å²) < 4.78 is 11.2. The number of carbonyl (C=O) groups excluding carboxylic acids is 2. The first-order chi connectivity index (χ1) is 14.8. The van der Waals surface area contributed by atoms with Crippen LogP contribution in [0.4, 0.5) is 4.79 Å². The van der Waals surface area contributed by atoms with E-state index in [1.54, 1.807) is 7.05 Å². The van der Waals surface area contributed by atoms with E-state index in [1.165, 1.54) is 0 Å². The molecule has 0 unspecified atom stereocenters. The summed E-state index contributed by atoms with van der Waals surface area (Å²) in [4.78, 5) is 27.5. The number of hydrogen-bond donors (Lipinski definition) is 3. The van der Waals surface area contributed by atoms with E-state index in [2.05, 4.69) is 15.6 Å². The number of nitrogens with one attached hydrogen (secondary N) is 3. The first-order valence-electron chi connectivity index (χ1n) is 10.3. The minimum Gasteiger partial charge on any atom is -0.489 e. The summed E-state index contributed by atoms with van der Waals surface area (Å²) in [6, 6.07) is 15.6. The average molecular weight is 424 g/mol. The lowest BCUT2D eigenvalue weighted by atomic mass is 10.1. The van der Waals surface area contributed by atoms with Crippen LogP contribution in [0.3, 0.4) is 0 Å². The fourth-order valence-electron chi connectivity index (χ4n) is 3.24. The number of aromatic nitrogens is 1. The lowest BCUT2D eigenvalue weighted by molar-refractivity contribution is 0.0528. The summed E-state index contributed by atoms with van der Waals surface area (Å²) in [6.07, 6.45) is -0.0230. The zero-order valence-corrected chi connectivity index (χ0v) is 18.4. The van der Waals surface area contributed by atoms with Crippen molar-refractivity contribution in [3.8, 4) is 5.75 Å². The number of rotatable bonds is 7. The van der Waals surface area contributed by atoms with Crippen LogP contribution in [0, 0.1) is 0 Å². The van der Waals surface area contributed by atoms with Crippen LogP contribution in [0.5, 0.6) is 5.75 Å². The molecule has 31 heavy (non-hydrogen) atoms. The number of hydrogen-bond acceptors (Lipinski definition) is 4. The SMILES string of the molecule is CNC(=O)c1[nH]c2ccc(OCc3ccccc3)cc2c1CCNC(=O)OC(C)(C)C. The Bertz CT molecular complexity index is 1050. The highest BCUT2D eigenvalue weighted by molar-refractivity contribution is 6.01. The molecule has 0 saturated heterocycles. The molecule has 3 N–H and O–H groups in total. The van der Waals surface area contributed by atoms with Gasteiger partial charge in [0.25, 0.3) is 5.91 Å². The first-order valence-corrected chi connectivity index (χ1v) is 10.3. The van der Waals surface area contributed by atoms with Crippen LogP contribution in [-0.2, 0) is 17.8 Å². The minimum absolute atomic E-state index is 0.213. The predicted molar refractivity (Wildman–Crippen MR) is 120 cm³/mol. The second-order valence-electron chi connectivity index (χ2n) is 8.22. The van der Waals surface area contributed by atoms with Crippen LogP contribution in [-0.4, -0.2) is 36.2 Å². The number of benzene rings is 2. The standard InChI is InChI=1S/C24H29N3O4/c1-24(2,3)31-23(29)26-13-12-18-19-14-17(30-15-16-8-6-5-7-9-16)10-11-20(19)27-21(18)22(28)25-4/h5-11,14,27H,12-13,15H2,1-4H3,(H,25,28)(H,26,29). The summed E-state index contributed by atoms with van der Waals surface area (Å²) >= 11 is 0. The average Bonchev–Trinajstić information content (AvgIpc) is 3.09. The Labute approximate surface area is 182 Å². The van der Waals surface area contributed by atoms with Gasteiger partial charge in [0.2, 0.25) is 0 Å². The van der Waals surface area contributed by atoms with E-state index in [0.717, 1.165) is 22.0 Å². The van der Waals surface area contributed by atoms with Gasteiger partial charge in [-0.15, -0.1) is 0 Å². The Kier molecular flexibility index (Phi) is 6.84. The van der Waals surface area contributed by atoms with Crippen molar-refractivity contribution in [1.29, 1.82) is 0 Å². The van der Waals surface area contributed by atoms with Gasteiger partial charge in [0.05, 0.1) is 0 Å². The summed E-state index contributed by atoms with van der Waals surface area (Å²) in [5, 5.41) is 6.29. The quantitative estimate of drug-likeness (QED) is 0.532. The Morgan fingerprint density at radius 3 is 2.48 bits per heavy atom. The molecular formula is C24H29N3O4. The molecule has 0 bridgehead atoms. The molecule has 3 rings (SSSR count). The molecule has 7 heteroatoms. The Morgan fingerprint density at radius 2 is 1.81 bits per heavy atom. The van der Waals surface area contributed by atoms with E-state index in [9.17, 15) is 9.59 Å².